The van der Waals surface area contributed by atoms with Gasteiger partial charge in [0.05, 0.1) is 5.88 Å². The number of aliphatic hydroxyl groups is 1. The first-order chi connectivity index (χ1) is 8.97. The molecular formula is C14H10Cl4O. The lowest BCUT2D eigenvalue weighted by atomic mass is 9.88. The van der Waals surface area contributed by atoms with E-state index in [1.165, 1.54) is 0 Å². The summed E-state index contributed by atoms with van der Waals surface area (Å²) in [4.78, 5) is 0. The van der Waals surface area contributed by atoms with Gasteiger partial charge in [-0.05, 0) is 29.8 Å². The van der Waals surface area contributed by atoms with Gasteiger partial charge in [0.25, 0.3) is 0 Å². The molecule has 100 valence electrons. The summed E-state index contributed by atoms with van der Waals surface area (Å²) in [5.41, 5.74) is -0.250. The van der Waals surface area contributed by atoms with Crippen molar-refractivity contribution in [2.75, 3.05) is 5.88 Å². The van der Waals surface area contributed by atoms with E-state index in [9.17, 15) is 5.11 Å². The molecule has 0 aliphatic rings. The molecule has 0 aliphatic carbocycles. The van der Waals surface area contributed by atoms with Crippen LogP contribution in [0.2, 0.25) is 15.1 Å². The molecule has 2 rings (SSSR count). The quantitative estimate of drug-likeness (QED) is 0.771. The van der Waals surface area contributed by atoms with Crippen LogP contribution < -0.4 is 0 Å². The molecule has 0 radical (unpaired) electrons. The van der Waals surface area contributed by atoms with Gasteiger partial charge in [-0.3, -0.25) is 0 Å². The third kappa shape index (κ3) is 3.01. The Labute approximate surface area is 131 Å². The van der Waals surface area contributed by atoms with Gasteiger partial charge in [0.2, 0.25) is 0 Å². The highest BCUT2D eigenvalue weighted by atomic mass is 35.5. The highest BCUT2D eigenvalue weighted by molar-refractivity contribution is 6.35. The first kappa shape index (κ1) is 15.0. The molecule has 1 atom stereocenters. The number of hydrogen-bond acceptors (Lipinski definition) is 1. The van der Waals surface area contributed by atoms with Gasteiger partial charge < -0.3 is 5.11 Å². The van der Waals surface area contributed by atoms with Gasteiger partial charge in [-0.15, -0.1) is 11.6 Å². The molecule has 0 spiro atoms. The summed E-state index contributed by atoms with van der Waals surface area (Å²) in [5.74, 6) is -0.0318. The van der Waals surface area contributed by atoms with Crippen molar-refractivity contribution in [1.29, 1.82) is 0 Å². The Hall–Kier alpha value is -0.440. The predicted octanol–water partition coefficient (Wildman–Crippen LogP) is 5.12. The molecule has 2 aromatic carbocycles. The van der Waals surface area contributed by atoms with E-state index in [1.807, 2.05) is 0 Å². The molecular weight excluding hydrogens is 326 g/mol. The molecule has 19 heavy (non-hydrogen) atoms. The van der Waals surface area contributed by atoms with Crippen molar-refractivity contribution in [3.63, 3.8) is 0 Å². The molecule has 0 amide bonds. The van der Waals surface area contributed by atoms with Crippen LogP contribution in [0.5, 0.6) is 0 Å². The lowest BCUT2D eigenvalue weighted by Gasteiger charge is -2.28. The summed E-state index contributed by atoms with van der Waals surface area (Å²) >= 11 is 23.8. The summed E-state index contributed by atoms with van der Waals surface area (Å²) < 4.78 is 0. The monoisotopic (exact) mass is 334 g/mol. The van der Waals surface area contributed by atoms with Crippen LogP contribution in [0.4, 0.5) is 0 Å². The second kappa shape index (κ2) is 5.90. The molecule has 0 saturated carbocycles. The molecule has 1 unspecified atom stereocenters. The van der Waals surface area contributed by atoms with E-state index in [1.54, 1.807) is 42.5 Å². The van der Waals surface area contributed by atoms with Gasteiger partial charge in [-0.2, -0.15) is 0 Å². The van der Waals surface area contributed by atoms with Crippen molar-refractivity contribution in [1.82, 2.24) is 0 Å². The minimum Gasteiger partial charge on any atom is -0.379 e. The molecule has 5 heteroatoms. The minimum atomic E-state index is -1.38. The fourth-order valence-electron chi connectivity index (χ4n) is 1.86. The molecule has 1 nitrogen and oxygen atoms in total. The van der Waals surface area contributed by atoms with Crippen LogP contribution in [0.25, 0.3) is 0 Å². The Kier molecular flexibility index (Phi) is 4.65. The molecule has 0 saturated heterocycles. The Bertz CT molecular complexity index is 582. The third-order valence-electron chi connectivity index (χ3n) is 2.89. The topological polar surface area (TPSA) is 20.2 Å². The number of hydrogen-bond donors (Lipinski definition) is 1. The van der Waals surface area contributed by atoms with Gasteiger partial charge in [0, 0.05) is 20.6 Å². The summed E-state index contributed by atoms with van der Waals surface area (Å²) in [6, 6.07) is 11.7. The molecule has 0 bridgehead atoms. The maximum absolute atomic E-state index is 10.8. The van der Waals surface area contributed by atoms with Crippen LogP contribution in [0.15, 0.2) is 42.5 Å². The second-order valence-electron chi connectivity index (χ2n) is 4.12. The number of rotatable bonds is 3. The SMILES string of the molecule is OC(CCl)(c1ccc(Cl)cc1)c1ccc(Cl)cc1Cl. The maximum Gasteiger partial charge on any atom is 0.129 e. The van der Waals surface area contributed by atoms with Crippen molar-refractivity contribution in [2.45, 2.75) is 5.60 Å². The first-order valence-electron chi connectivity index (χ1n) is 5.47. The van der Waals surface area contributed by atoms with Crippen LogP contribution in [-0.2, 0) is 5.60 Å². The zero-order valence-electron chi connectivity index (χ0n) is 9.71. The smallest absolute Gasteiger partial charge is 0.129 e. The Morgan fingerprint density at radius 1 is 0.895 bits per heavy atom. The van der Waals surface area contributed by atoms with Crippen molar-refractivity contribution in [2.24, 2.45) is 0 Å². The number of halogens is 4. The number of benzene rings is 2. The number of alkyl halides is 1. The molecule has 0 fully saturated rings. The van der Waals surface area contributed by atoms with E-state index in [0.717, 1.165) is 0 Å². The molecule has 0 aliphatic heterocycles. The summed E-state index contributed by atoms with van der Waals surface area (Å²) in [7, 11) is 0. The average molecular weight is 336 g/mol. The Balaban J connectivity index is 2.56. The first-order valence-corrected chi connectivity index (χ1v) is 7.14. The summed E-state index contributed by atoms with van der Waals surface area (Å²) in [5, 5.41) is 12.3. The molecule has 2 aromatic rings. The molecule has 0 aromatic heterocycles. The standard InChI is InChI=1S/C14H10Cl4O/c15-8-14(19,9-1-3-10(16)4-2-9)12-6-5-11(17)7-13(12)18/h1-7,19H,8H2. The lowest BCUT2D eigenvalue weighted by molar-refractivity contribution is 0.106. The van der Waals surface area contributed by atoms with E-state index >= 15 is 0 Å². The van der Waals surface area contributed by atoms with E-state index in [-0.39, 0.29) is 5.88 Å². The Morgan fingerprint density at radius 3 is 2.00 bits per heavy atom. The van der Waals surface area contributed by atoms with Gasteiger partial charge in [-0.25, -0.2) is 0 Å². The van der Waals surface area contributed by atoms with Gasteiger partial charge in [0.1, 0.15) is 5.60 Å². The van der Waals surface area contributed by atoms with Gasteiger partial charge in [-0.1, -0.05) is 53.0 Å². The van der Waals surface area contributed by atoms with Crippen molar-refractivity contribution < 1.29 is 5.11 Å². The zero-order valence-corrected chi connectivity index (χ0v) is 12.7. The van der Waals surface area contributed by atoms with Gasteiger partial charge >= 0.3 is 0 Å². The predicted molar refractivity (Wildman–Crippen MR) is 81.6 cm³/mol. The minimum absolute atomic E-state index is 0.0318. The largest absolute Gasteiger partial charge is 0.379 e. The lowest BCUT2D eigenvalue weighted by Crippen LogP contribution is -2.29. The maximum atomic E-state index is 10.8. The second-order valence-corrected chi connectivity index (χ2v) is 5.67. The van der Waals surface area contributed by atoms with Crippen molar-refractivity contribution >= 4 is 46.4 Å². The van der Waals surface area contributed by atoms with Crippen LogP contribution in [0, 0.1) is 0 Å². The molecule has 1 N–H and O–H groups in total. The fraction of sp³-hybridized carbons (Fsp3) is 0.143. The van der Waals surface area contributed by atoms with Crippen LogP contribution >= 0.6 is 46.4 Å². The van der Waals surface area contributed by atoms with Crippen molar-refractivity contribution in [3.8, 4) is 0 Å². The fourth-order valence-corrected chi connectivity index (χ4v) is 2.84. The van der Waals surface area contributed by atoms with Crippen LogP contribution in [-0.4, -0.2) is 11.0 Å². The zero-order chi connectivity index (χ0) is 14.0. The van der Waals surface area contributed by atoms with Crippen LogP contribution in [0.3, 0.4) is 0 Å². The highest BCUT2D eigenvalue weighted by Crippen LogP contribution is 2.36. The van der Waals surface area contributed by atoms with Crippen LogP contribution in [0.1, 0.15) is 11.1 Å². The summed E-state index contributed by atoms with van der Waals surface area (Å²) in [6.45, 7) is 0. The average Bonchev–Trinajstić information content (AvgIpc) is 2.38. The molecule has 0 heterocycles. The normalized spacial score (nSPS) is 14.2. The van der Waals surface area contributed by atoms with Gasteiger partial charge in [0.15, 0.2) is 0 Å². The Morgan fingerprint density at radius 2 is 1.47 bits per heavy atom. The summed E-state index contributed by atoms with van der Waals surface area (Å²) in [6.07, 6.45) is 0. The van der Waals surface area contributed by atoms with E-state index in [2.05, 4.69) is 0 Å². The van der Waals surface area contributed by atoms with E-state index in [4.69, 9.17) is 46.4 Å². The van der Waals surface area contributed by atoms with Crippen molar-refractivity contribution in [3.05, 3.63) is 68.7 Å². The van der Waals surface area contributed by atoms with E-state index in [0.29, 0.717) is 26.2 Å². The third-order valence-corrected chi connectivity index (χ3v) is 4.08. The van der Waals surface area contributed by atoms with E-state index < -0.39 is 5.60 Å². The highest BCUT2D eigenvalue weighted by Gasteiger charge is 2.32.